The fourth-order valence-electron chi connectivity index (χ4n) is 8.04. The molecule has 0 aromatic heterocycles. The van der Waals surface area contributed by atoms with E-state index in [0.717, 1.165) is 74.8 Å². The third-order valence-electron chi connectivity index (χ3n) is 12.9. The van der Waals surface area contributed by atoms with Gasteiger partial charge in [0.15, 0.2) is 0 Å². The molecule has 10 heteroatoms. The van der Waals surface area contributed by atoms with Gasteiger partial charge in [-0.1, -0.05) is 212 Å². The van der Waals surface area contributed by atoms with Crippen molar-refractivity contribution in [2.75, 3.05) is 39.3 Å². The largest absolute Gasteiger partial charge is 3.00 e. The normalized spacial score (nSPS) is 13.8. The van der Waals surface area contributed by atoms with Gasteiger partial charge in [0.05, 0.1) is 0 Å². The molecule has 6 atom stereocenters. The van der Waals surface area contributed by atoms with E-state index in [2.05, 4.69) is 97.8 Å². The minimum atomic E-state index is 0. The van der Waals surface area contributed by atoms with Crippen LogP contribution in [-0.4, -0.2) is 66.9 Å². The van der Waals surface area contributed by atoms with Gasteiger partial charge in [-0.2, -0.15) is 0 Å². The molecule has 0 aliphatic heterocycles. The van der Waals surface area contributed by atoms with Gasteiger partial charge in [-0.3, -0.25) is 0 Å². The van der Waals surface area contributed by atoms with Crippen molar-refractivity contribution in [1.82, 2.24) is 14.7 Å². The fraction of sp³-hybridized carbons (Fsp3) is 0.941. The molecule has 0 aliphatic rings. The van der Waals surface area contributed by atoms with Crippen LogP contribution in [0.1, 0.15) is 237 Å². The van der Waals surface area contributed by atoms with E-state index in [4.69, 9.17) is 74.5 Å². The van der Waals surface area contributed by atoms with Gasteiger partial charge in [0.25, 0.3) is 0 Å². The molecule has 6 unspecified atom stereocenters. The van der Waals surface area contributed by atoms with Gasteiger partial charge < -0.3 is 89.2 Å². The molecule has 0 rings (SSSR count). The van der Waals surface area contributed by atoms with Crippen LogP contribution in [0.15, 0.2) is 0 Å². The summed E-state index contributed by atoms with van der Waals surface area (Å²) in [6.07, 6.45) is 30.9. The Morgan fingerprint density at radius 1 is 0.311 bits per heavy atom. The number of thiocarbonyl (C=S) groups is 3. The predicted molar refractivity (Wildman–Crippen MR) is 294 cm³/mol. The van der Waals surface area contributed by atoms with Crippen LogP contribution in [0.2, 0.25) is 0 Å². The summed E-state index contributed by atoms with van der Waals surface area (Å²) in [5, 5.41) is 0. The number of rotatable bonds is 36. The van der Waals surface area contributed by atoms with Gasteiger partial charge in [0.1, 0.15) is 0 Å². The quantitative estimate of drug-likeness (QED) is 0.0445. The SMILES string of the molecule is CCCCC(CC)CN(CC(CC)CCCC)C(=S)[S-].CCCCC(CC)CN(CC(CC)CCCC)C(=S)[S-].CCCCC(CC)CN(CC(CC)CCCC)C(=S)[S-].[Ce+3]. The number of unbranched alkanes of at least 4 members (excludes halogenated alkanes) is 6. The maximum Gasteiger partial charge on any atom is 3.00 e. The summed E-state index contributed by atoms with van der Waals surface area (Å²) in [7, 11) is 0. The molecule has 0 aromatic rings. The topological polar surface area (TPSA) is 9.72 Å². The molecule has 361 valence electrons. The first-order chi connectivity index (χ1) is 28.7. The Morgan fingerprint density at radius 3 is 0.525 bits per heavy atom. The monoisotopic (exact) mass is 1090 g/mol. The van der Waals surface area contributed by atoms with E-state index in [0.29, 0.717) is 13.0 Å². The summed E-state index contributed by atoms with van der Waals surface area (Å²) in [6.45, 7) is 33.8. The van der Waals surface area contributed by atoms with Gasteiger partial charge in [0.2, 0.25) is 0 Å². The second-order valence-electron chi connectivity index (χ2n) is 18.0. The maximum atomic E-state index is 5.32. The average molecular weight is 1090 g/mol. The molecule has 0 aliphatic carbocycles. The number of nitrogens with zero attached hydrogens (tertiary/aromatic N) is 3. The first-order valence-electron chi connectivity index (χ1n) is 25.6. The van der Waals surface area contributed by atoms with E-state index in [1.807, 2.05) is 0 Å². The predicted octanol–water partition coefficient (Wildman–Crippen LogP) is 16.7. The molecule has 0 spiro atoms. The molecule has 3 nitrogen and oxygen atoms in total. The molecule has 61 heavy (non-hydrogen) atoms. The third-order valence-corrected chi connectivity index (χ3v) is 14.5. The molecule has 0 heterocycles. The summed E-state index contributed by atoms with van der Waals surface area (Å²) < 4.78 is 2.03. The number of hydrogen-bond donors (Lipinski definition) is 0. The molecule has 1 radical (unpaired) electrons. The molecule has 0 amide bonds. The van der Waals surface area contributed by atoms with Crippen LogP contribution in [0.3, 0.4) is 0 Å². The molecule has 0 fully saturated rings. The minimum absolute atomic E-state index is 0. The Labute approximate surface area is 451 Å². The first-order valence-corrected chi connectivity index (χ1v) is 28.1. The Kier molecular flexibility index (Phi) is 56.3. The van der Waals surface area contributed by atoms with Gasteiger partial charge in [-0.15, -0.1) is 0 Å². The van der Waals surface area contributed by atoms with Crippen LogP contribution in [0.4, 0.5) is 0 Å². The molecule has 0 saturated heterocycles. The zero-order chi connectivity index (χ0) is 46.1. The van der Waals surface area contributed by atoms with Crippen LogP contribution in [-0.2, 0) is 37.9 Å². The van der Waals surface area contributed by atoms with Gasteiger partial charge >= 0.3 is 41.7 Å². The van der Waals surface area contributed by atoms with E-state index in [-0.39, 0.29) is 41.7 Å². The number of hydrogen-bond acceptors (Lipinski definition) is 6. The third kappa shape index (κ3) is 40.5. The molecular weight excluding hydrogens is 987 g/mol. The molecule has 0 bridgehead atoms. The van der Waals surface area contributed by atoms with E-state index in [1.165, 1.54) is 154 Å². The van der Waals surface area contributed by atoms with Crippen molar-refractivity contribution in [2.24, 2.45) is 35.5 Å². The Balaban J connectivity index is -0.000000396. The van der Waals surface area contributed by atoms with Crippen molar-refractivity contribution < 1.29 is 41.7 Å². The van der Waals surface area contributed by atoms with Crippen molar-refractivity contribution in [2.45, 2.75) is 237 Å². The summed E-state index contributed by atoms with van der Waals surface area (Å²) >= 11 is 31.9. The van der Waals surface area contributed by atoms with E-state index >= 15 is 0 Å². The molecule has 0 saturated carbocycles. The van der Waals surface area contributed by atoms with Crippen molar-refractivity contribution in [3.8, 4) is 0 Å². The smallest absolute Gasteiger partial charge is 0.411 e. The van der Waals surface area contributed by atoms with Crippen LogP contribution >= 0.6 is 36.7 Å². The van der Waals surface area contributed by atoms with E-state index < -0.39 is 0 Å². The zero-order valence-corrected chi connectivity index (χ0v) is 50.5. The summed E-state index contributed by atoms with van der Waals surface area (Å²) in [4.78, 5) is 6.91. The minimum Gasteiger partial charge on any atom is -0.411 e. The van der Waals surface area contributed by atoms with E-state index in [1.54, 1.807) is 0 Å². The Hall–Kier alpha value is 1.71. The van der Waals surface area contributed by atoms with Crippen LogP contribution < -0.4 is 0 Å². The van der Waals surface area contributed by atoms with Gasteiger partial charge in [-0.25, -0.2) is 0 Å². The van der Waals surface area contributed by atoms with Crippen LogP contribution in [0.25, 0.3) is 0 Å². The second kappa shape index (κ2) is 49.6. The van der Waals surface area contributed by atoms with Crippen molar-refractivity contribution in [1.29, 1.82) is 0 Å². The van der Waals surface area contributed by atoms with Crippen molar-refractivity contribution in [3.63, 3.8) is 0 Å². The molecular formula is C51H102CeN3S6. The molecule has 0 N–H and O–H groups in total. The second-order valence-corrected chi connectivity index (χ2v) is 21.1. The van der Waals surface area contributed by atoms with Crippen molar-refractivity contribution >= 4 is 87.5 Å². The molecule has 0 aromatic carbocycles. The standard InChI is InChI=1S/3C17H35NS2.Ce/c3*1-5-9-11-15(7-3)13-18(17(19)20)14-16(8-4)12-10-6-2;/h3*15-16H,5-14H2,1-4H3,(H,19,20);/q;;;+3/p-3. The van der Waals surface area contributed by atoms with Crippen LogP contribution in [0.5, 0.6) is 0 Å². The average Bonchev–Trinajstić information content (AvgIpc) is 3.24. The summed E-state index contributed by atoms with van der Waals surface area (Å²) in [5.41, 5.74) is 0. The first kappa shape index (κ1) is 69.3. The Morgan fingerprint density at radius 2 is 0.443 bits per heavy atom. The Bertz CT molecular complexity index is 802. The van der Waals surface area contributed by atoms with Gasteiger partial charge in [-0.05, 0) is 74.0 Å². The maximum absolute atomic E-state index is 5.32. The van der Waals surface area contributed by atoms with Crippen molar-refractivity contribution in [3.05, 3.63) is 0 Å². The summed E-state index contributed by atoms with van der Waals surface area (Å²) in [6, 6.07) is 0. The zero-order valence-electron chi connectivity index (χ0n) is 42.5. The van der Waals surface area contributed by atoms with Crippen LogP contribution in [0, 0.1) is 77.3 Å². The van der Waals surface area contributed by atoms with Gasteiger partial charge in [0, 0.05) is 39.3 Å². The fourth-order valence-corrected chi connectivity index (χ4v) is 8.94. The van der Waals surface area contributed by atoms with E-state index in [9.17, 15) is 0 Å². The summed E-state index contributed by atoms with van der Waals surface area (Å²) in [5.74, 6) is 4.50.